The Balaban J connectivity index is 1.93. The molecule has 0 bridgehead atoms. The number of nitrogens with two attached hydrogens (primary N) is 1. The van der Waals surface area contributed by atoms with Gasteiger partial charge in [-0.25, -0.2) is 0 Å². The SMILES string of the molecule is CCOC1CC(N)(C(=O)NCC2C(C)(C)C2(C)C)C1(C)C. The third kappa shape index (κ3) is 2.14. The average Bonchev–Trinajstić information content (AvgIpc) is 2.76. The Morgan fingerprint density at radius 3 is 2.05 bits per heavy atom. The molecular weight excluding hydrogens is 264 g/mol. The lowest BCUT2D eigenvalue weighted by Crippen LogP contribution is -2.75. The molecular formula is C17H32N2O2. The minimum absolute atomic E-state index is 0.0260. The largest absolute Gasteiger partial charge is 0.378 e. The Morgan fingerprint density at radius 1 is 1.14 bits per heavy atom. The highest BCUT2D eigenvalue weighted by atomic mass is 16.5. The maximum atomic E-state index is 12.6. The van der Waals surface area contributed by atoms with Crippen molar-refractivity contribution in [2.75, 3.05) is 13.2 Å². The lowest BCUT2D eigenvalue weighted by atomic mass is 9.54. The molecule has 3 N–H and O–H groups in total. The fourth-order valence-electron chi connectivity index (χ4n) is 4.02. The van der Waals surface area contributed by atoms with Crippen molar-refractivity contribution in [2.45, 2.75) is 66.5 Å². The van der Waals surface area contributed by atoms with Crippen molar-refractivity contribution in [2.24, 2.45) is 27.9 Å². The van der Waals surface area contributed by atoms with E-state index in [1.165, 1.54) is 0 Å². The lowest BCUT2D eigenvalue weighted by molar-refractivity contribution is -0.170. The molecule has 2 atom stereocenters. The smallest absolute Gasteiger partial charge is 0.240 e. The van der Waals surface area contributed by atoms with E-state index in [0.29, 0.717) is 25.5 Å². The lowest BCUT2D eigenvalue weighted by Gasteiger charge is -2.57. The second-order valence-electron chi connectivity index (χ2n) is 8.55. The summed E-state index contributed by atoms with van der Waals surface area (Å²) in [6, 6.07) is 0. The molecule has 21 heavy (non-hydrogen) atoms. The molecule has 2 aliphatic rings. The predicted molar refractivity (Wildman–Crippen MR) is 84.8 cm³/mol. The number of carbonyl (C=O) groups is 1. The van der Waals surface area contributed by atoms with Crippen LogP contribution in [0.15, 0.2) is 0 Å². The summed E-state index contributed by atoms with van der Waals surface area (Å²) in [7, 11) is 0. The van der Waals surface area contributed by atoms with Crippen molar-refractivity contribution >= 4 is 5.91 Å². The summed E-state index contributed by atoms with van der Waals surface area (Å²) in [5.74, 6) is 0.491. The third-order valence-corrected chi connectivity index (χ3v) is 7.02. The molecule has 0 aromatic carbocycles. The van der Waals surface area contributed by atoms with E-state index < -0.39 is 5.54 Å². The van der Waals surface area contributed by atoms with Gasteiger partial charge < -0.3 is 15.8 Å². The van der Waals surface area contributed by atoms with E-state index in [2.05, 4.69) is 33.0 Å². The molecule has 0 spiro atoms. The fraction of sp³-hybridized carbons (Fsp3) is 0.941. The van der Waals surface area contributed by atoms with Crippen LogP contribution in [0.1, 0.15) is 54.9 Å². The Bertz CT molecular complexity index is 428. The fourth-order valence-corrected chi connectivity index (χ4v) is 4.02. The Labute approximate surface area is 129 Å². The number of nitrogens with one attached hydrogen (secondary N) is 1. The van der Waals surface area contributed by atoms with Gasteiger partial charge in [-0.15, -0.1) is 0 Å². The molecule has 2 rings (SSSR count). The van der Waals surface area contributed by atoms with Gasteiger partial charge in [0, 0.05) is 25.0 Å². The van der Waals surface area contributed by atoms with Crippen LogP contribution in [0.3, 0.4) is 0 Å². The predicted octanol–water partition coefficient (Wildman–Crippen LogP) is 2.32. The summed E-state index contributed by atoms with van der Waals surface area (Å²) in [5, 5.41) is 3.10. The van der Waals surface area contributed by atoms with Gasteiger partial charge in [0.05, 0.1) is 6.10 Å². The molecule has 0 aromatic heterocycles. The van der Waals surface area contributed by atoms with Crippen LogP contribution in [0.25, 0.3) is 0 Å². The number of carbonyl (C=O) groups excluding carboxylic acids is 1. The van der Waals surface area contributed by atoms with Crippen LogP contribution in [-0.4, -0.2) is 30.7 Å². The zero-order valence-electron chi connectivity index (χ0n) is 14.7. The highest BCUT2D eigenvalue weighted by Crippen LogP contribution is 2.68. The van der Waals surface area contributed by atoms with Crippen LogP contribution >= 0.6 is 0 Å². The first-order valence-electron chi connectivity index (χ1n) is 8.11. The second kappa shape index (κ2) is 4.69. The van der Waals surface area contributed by atoms with Gasteiger partial charge in [-0.3, -0.25) is 4.79 Å². The maximum absolute atomic E-state index is 12.6. The van der Waals surface area contributed by atoms with Crippen molar-refractivity contribution in [1.82, 2.24) is 5.32 Å². The number of hydrogen-bond acceptors (Lipinski definition) is 3. The summed E-state index contributed by atoms with van der Waals surface area (Å²) >= 11 is 0. The van der Waals surface area contributed by atoms with Crippen LogP contribution in [0.2, 0.25) is 0 Å². The molecule has 2 saturated carbocycles. The van der Waals surface area contributed by atoms with E-state index in [-0.39, 0.29) is 28.3 Å². The average molecular weight is 296 g/mol. The molecule has 1 amide bonds. The van der Waals surface area contributed by atoms with E-state index in [4.69, 9.17) is 10.5 Å². The topological polar surface area (TPSA) is 64.3 Å². The van der Waals surface area contributed by atoms with Gasteiger partial charge in [0.1, 0.15) is 5.54 Å². The number of amides is 1. The van der Waals surface area contributed by atoms with Crippen molar-refractivity contribution in [1.29, 1.82) is 0 Å². The first-order chi connectivity index (χ1) is 9.43. The van der Waals surface area contributed by atoms with E-state index in [9.17, 15) is 4.79 Å². The normalized spacial score (nSPS) is 35.9. The Hall–Kier alpha value is -0.610. The van der Waals surface area contributed by atoms with Gasteiger partial charge in [0.2, 0.25) is 5.91 Å². The highest BCUT2D eigenvalue weighted by molar-refractivity contribution is 5.88. The quantitative estimate of drug-likeness (QED) is 0.818. The zero-order chi connectivity index (χ0) is 16.3. The first kappa shape index (κ1) is 16.8. The van der Waals surface area contributed by atoms with Gasteiger partial charge in [0.25, 0.3) is 0 Å². The summed E-state index contributed by atoms with van der Waals surface area (Å²) in [4.78, 5) is 12.6. The standard InChI is InChI=1S/C17H32N2O2/c1-8-21-12-9-17(18,16(12,6)7)13(20)19-10-11-14(2,3)15(11,4)5/h11-12H,8-10,18H2,1-7H3,(H,19,20). The third-order valence-electron chi connectivity index (χ3n) is 7.02. The molecule has 2 unspecified atom stereocenters. The van der Waals surface area contributed by atoms with Crippen LogP contribution < -0.4 is 11.1 Å². The number of hydrogen-bond donors (Lipinski definition) is 2. The Kier molecular flexibility index (Phi) is 3.74. The minimum atomic E-state index is -0.810. The highest BCUT2D eigenvalue weighted by Gasteiger charge is 2.66. The number of rotatable bonds is 5. The zero-order valence-corrected chi connectivity index (χ0v) is 14.7. The van der Waals surface area contributed by atoms with Crippen molar-refractivity contribution < 1.29 is 9.53 Å². The second-order valence-corrected chi connectivity index (χ2v) is 8.55. The number of ether oxygens (including phenoxy) is 1. The molecule has 0 saturated heterocycles. The molecule has 0 heterocycles. The van der Waals surface area contributed by atoms with Crippen LogP contribution in [0.4, 0.5) is 0 Å². The van der Waals surface area contributed by atoms with Gasteiger partial charge >= 0.3 is 0 Å². The maximum Gasteiger partial charge on any atom is 0.240 e. The molecule has 0 aliphatic heterocycles. The van der Waals surface area contributed by atoms with Crippen molar-refractivity contribution in [3.63, 3.8) is 0 Å². The van der Waals surface area contributed by atoms with E-state index in [1.54, 1.807) is 0 Å². The van der Waals surface area contributed by atoms with Crippen molar-refractivity contribution in [3.05, 3.63) is 0 Å². The Morgan fingerprint density at radius 2 is 1.67 bits per heavy atom. The van der Waals surface area contributed by atoms with Gasteiger partial charge in [-0.05, 0) is 23.7 Å². The molecule has 2 fully saturated rings. The molecule has 0 aromatic rings. The molecule has 0 radical (unpaired) electrons. The van der Waals surface area contributed by atoms with Gasteiger partial charge in [0.15, 0.2) is 0 Å². The minimum Gasteiger partial charge on any atom is -0.378 e. The first-order valence-corrected chi connectivity index (χ1v) is 8.11. The molecule has 122 valence electrons. The molecule has 4 heteroatoms. The summed E-state index contributed by atoms with van der Waals surface area (Å²) < 4.78 is 5.68. The van der Waals surface area contributed by atoms with Crippen LogP contribution in [0, 0.1) is 22.2 Å². The van der Waals surface area contributed by atoms with Crippen LogP contribution in [-0.2, 0) is 9.53 Å². The van der Waals surface area contributed by atoms with E-state index in [0.717, 1.165) is 0 Å². The monoisotopic (exact) mass is 296 g/mol. The van der Waals surface area contributed by atoms with Crippen molar-refractivity contribution in [3.8, 4) is 0 Å². The molecule has 4 nitrogen and oxygen atoms in total. The summed E-state index contributed by atoms with van der Waals surface area (Å²) in [5.41, 5.74) is 5.83. The van der Waals surface area contributed by atoms with E-state index in [1.807, 2.05) is 20.8 Å². The summed E-state index contributed by atoms with van der Waals surface area (Å²) in [6.07, 6.45) is 0.684. The van der Waals surface area contributed by atoms with Crippen LogP contribution in [0.5, 0.6) is 0 Å². The van der Waals surface area contributed by atoms with E-state index >= 15 is 0 Å². The summed E-state index contributed by atoms with van der Waals surface area (Å²) in [6.45, 7) is 16.5. The van der Waals surface area contributed by atoms with Gasteiger partial charge in [-0.1, -0.05) is 41.5 Å². The van der Waals surface area contributed by atoms with Gasteiger partial charge in [-0.2, -0.15) is 0 Å². The molecule has 2 aliphatic carbocycles.